The number of benzene rings is 1. The van der Waals surface area contributed by atoms with Gasteiger partial charge < -0.3 is 14.8 Å². The molecular formula is C14H16Br3NO2. The minimum atomic E-state index is -0.285. The molecule has 0 bridgehead atoms. The minimum absolute atomic E-state index is 0.285. The topological polar surface area (TPSA) is 30.5 Å². The van der Waals surface area contributed by atoms with Crippen molar-refractivity contribution in [2.75, 3.05) is 18.5 Å². The van der Waals surface area contributed by atoms with Crippen LogP contribution in [-0.4, -0.2) is 25.0 Å². The Labute approximate surface area is 144 Å². The number of rotatable bonds is 2. The van der Waals surface area contributed by atoms with Gasteiger partial charge in [-0.1, -0.05) is 15.9 Å². The van der Waals surface area contributed by atoms with Gasteiger partial charge in [-0.3, -0.25) is 0 Å². The lowest BCUT2D eigenvalue weighted by molar-refractivity contribution is -0.177. The number of hydrogen-bond donors (Lipinski definition) is 1. The molecule has 0 radical (unpaired) electrons. The van der Waals surface area contributed by atoms with Gasteiger partial charge in [-0.2, -0.15) is 0 Å². The summed E-state index contributed by atoms with van der Waals surface area (Å²) in [6, 6.07) is 4.57. The molecule has 1 saturated heterocycles. The molecule has 3 rings (SSSR count). The molecule has 1 saturated carbocycles. The molecule has 1 spiro atoms. The van der Waals surface area contributed by atoms with Crippen LogP contribution in [0.4, 0.5) is 5.69 Å². The lowest BCUT2D eigenvalue weighted by Crippen LogP contribution is -2.39. The molecule has 2 fully saturated rings. The monoisotopic (exact) mass is 467 g/mol. The Morgan fingerprint density at radius 3 is 2.10 bits per heavy atom. The van der Waals surface area contributed by atoms with Crippen LogP contribution in [-0.2, 0) is 9.47 Å². The molecule has 20 heavy (non-hydrogen) atoms. The molecule has 0 aromatic heterocycles. The number of anilines is 1. The fraction of sp³-hybridized carbons (Fsp3) is 0.571. The van der Waals surface area contributed by atoms with Crippen LogP contribution in [0.15, 0.2) is 25.6 Å². The third-order valence-electron chi connectivity index (χ3n) is 3.92. The first-order valence-electron chi connectivity index (χ1n) is 6.77. The number of halogens is 3. The number of nitrogens with one attached hydrogen (secondary N) is 1. The van der Waals surface area contributed by atoms with Crippen LogP contribution < -0.4 is 5.32 Å². The summed E-state index contributed by atoms with van der Waals surface area (Å²) in [6.07, 6.45) is 4.07. The highest BCUT2D eigenvalue weighted by molar-refractivity contribution is 9.11. The summed E-state index contributed by atoms with van der Waals surface area (Å²) >= 11 is 10.7. The molecule has 0 unspecified atom stereocenters. The van der Waals surface area contributed by atoms with Gasteiger partial charge in [0, 0.05) is 32.3 Å². The summed E-state index contributed by atoms with van der Waals surface area (Å²) in [5.74, 6) is -0.285. The normalized spacial score (nSPS) is 22.4. The molecular weight excluding hydrogens is 454 g/mol. The predicted octanol–water partition coefficient (Wildman–Crippen LogP) is 5.07. The van der Waals surface area contributed by atoms with E-state index in [1.807, 2.05) is 0 Å². The zero-order valence-corrected chi connectivity index (χ0v) is 15.7. The van der Waals surface area contributed by atoms with Gasteiger partial charge in [0.25, 0.3) is 0 Å². The van der Waals surface area contributed by atoms with E-state index in [-0.39, 0.29) is 5.79 Å². The first kappa shape index (κ1) is 15.3. The smallest absolute Gasteiger partial charge is 0.168 e. The standard InChI is InChI=1S/C14H16Br3NO2/c15-9-7-11(16)13(12(17)8-9)18-10-1-3-14(4-2-10)19-5-6-20-14/h7-8,10,18H,1-6H2. The molecule has 6 heteroatoms. The van der Waals surface area contributed by atoms with Crippen LogP contribution in [0, 0.1) is 0 Å². The molecule has 0 amide bonds. The highest BCUT2D eigenvalue weighted by Gasteiger charge is 2.40. The van der Waals surface area contributed by atoms with Gasteiger partial charge in [-0.25, -0.2) is 0 Å². The van der Waals surface area contributed by atoms with Crippen LogP contribution in [0.25, 0.3) is 0 Å². The van der Waals surface area contributed by atoms with E-state index < -0.39 is 0 Å². The lowest BCUT2D eigenvalue weighted by Gasteiger charge is -2.36. The van der Waals surface area contributed by atoms with E-state index in [0.717, 1.165) is 58.0 Å². The third kappa shape index (κ3) is 3.24. The highest BCUT2D eigenvalue weighted by Crippen LogP contribution is 2.39. The van der Waals surface area contributed by atoms with Gasteiger partial charge in [-0.05, 0) is 56.8 Å². The summed E-state index contributed by atoms with van der Waals surface area (Å²) in [4.78, 5) is 0. The van der Waals surface area contributed by atoms with Crippen molar-refractivity contribution in [3.63, 3.8) is 0 Å². The molecule has 1 aromatic carbocycles. The lowest BCUT2D eigenvalue weighted by atomic mass is 9.90. The second-order valence-corrected chi connectivity index (χ2v) is 7.90. The van der Waals surface area contributed by atoms with E-state index in [1.54, 1.807) is 0 Å². The molecule has 3 nitrogen and oxygen atoms in total. The van der Waals surface area contributed by atoms with E-state index in [0.29, 0.717) is 6.04 Å². The first-order chi connectivity index (χ1) is 9.58. The Hall–Kier alpha value is 0.380. The van der Waals surface area contributed by atoms with Gasteiger partial charge >= 0.3 is 0 Å². The number of hydrogen-bond acceptors (Lipinski definition) is 3. The summed E-state index contributed by atoms with van der Waals surface area (Å²) in [5, 5.41) is 3.63. The largest absolute Gasteiger partial charge is 0.380 e. The van der Waals surface area contributed by atoms with Gasteiger partial charge in [0.1, 0.15) is 0 Å². The average Bonchev–Trinajstić information content (AvgIpc) is 2.85. The SMILES string of the molecule is Brc1cc(Br)c(NC2CCC3(CC2)OCCO3)c(Br)c1. The first-order valence-corrected chi connectivity index (χ1v) is 9.15. The van der Waals surface area contributed by atoms with Crippen molar-refractivity contribution < 1.29 is 9.47 Å². The molecule has 1 aromatic rings. The molecule has 1 N–H and O–H groups in total. The summed E-state index contributed by atoms with van der Waals surface area (Å²) in [5.41, 5.74) is 1.11. The van der Waals surface area contributed by atoms with Gasteiger partial charge in [0.2, 0.25) is 0 Å². The Morgan fingerprint density at radius 2 is 1.55 bits per heavy atom. The molecule has 1 aliphatic carbocycles. The van der Waals surface area contributed by atoms with Gasteiger partial charge in [0.15, 0.2) is 5.79 Å². The number of ether oxygens (including phenoxy) is 2. The molecule has 2 aliphatic rings. The van der Waals surface area contributed by atoms with Crippen molar-refractivity contribution in [1.29, 1.82) is 0 Å². The molecule has 110 valence electrons. The van der Waals surface area contributed by atoms with Crippen molar-refractivity contribution in [3.8, 4) is 0 Å². The average molecular weight is 470 g/mol. The van der Waals surface area contributed by atoms with Crippen molar-refractivity contribution in [2.45, 2.75) is 37.5 Å². The maximum atomic E-state index is 5.77. The second-order valence-electron chi connectivity index (χ2n) is 5.27. The Kier molecular flexibility index (Phi) is 4.77. The van der Waals surface area contributed by atoms with Crippen LogP contribution in [0.2, 0.25) is 0 Å². The quantitative estimate of drug-likeness (QED) is 0.655. The molecule has 1 heterocycles. The van der Waals surface area contributed by atoms with Crippen molar-refractivity contribution >= 4 is 53.5 Å². The zero-order chi connectivity index (χ0) is 14.2. The van der Waals surface area contributed by atoms with Crippen LogP contribution >= 0.6 is 47.8 Å². The van der Waals surface area contributed by atoms with Crippen LogP contribution in [0.3, 0.4) is 0 Å². The fourth-order valence-corrected chi connectivity index (χ4v) is 5.36. The van der Waals surface area contributed by atoms with E-state index in [4.69, 9.17) is 9.47 Å². The molecule has 1 aliphatic heterocycles. The maximum Gasteiger partial charge on any atom is 0.168 e. The van der Waals surface area contributed by atoms with Crippen molar-refractivity contribution in [3.05, 3.63) is 25.6 Å². The van der Waals surface area contributed by atoms with E-state index in [2.05, 4.69) is 65.2 Å². The molecule has 0 atom stereocenters. The third-order valence-corrected chi connectivity index (χ3v) is 5.62. The Bertz CT molecular complexity index is 470. The van der Waals surface area contributed by atoms with E-state index >= 15 is 0 Å². The van der Waals surface area contributed by atoms with E-state index in [9.17, 15) is 0 Å². The van der Waals surface area contributed by atoms with Gasteiger partial charge in [0.05, 0.1) is 18.9 Å². The van der Waals surface area contributed by atoms with Gasteiger partial charge in [-0.15, -0.1) is 0 Å². The summed E-state index contributed by atoms with van der Waals surface area (Å²) in [6.45, 7) is 1.48. The van der Waals surface area contributed by atoms with Crippen molar-refractivity contribution in [2.24, 2.45) is 0 Å². The van der Waals surface area contributed by atoms with E-state index in [1.165, 1.54) is 0 Å². The highest BCUT2D eigenvalue weighted by atomic mass is 79.9. The summed E-state index contributed by atoms with van der Waals surface area (Å²) < 4.78 is 14.7. The second kappa shape index (κ2) is 6.24. The predicted molar refractivity (Wildman–Crippen MR) is 90.1 cm³/mol. The fourth-order valence-electron chi connectivity index (χ4n) is 2.87. The zero-order valence-electron chi connectivity index (χ0n) is 10.9. The van der Waals surface area contributed by atoms with Crippen LogP contribution in [0.1, 0.15) is 25.7 Å². The minimum Gasteiger partial charge on any atom is -0.380 e. The Balaban J connectivity index is 1.65. The van der Waals surface area contributed by atoms with Crippen LogP contribution in [0.5, 0.6) is 0 Å². The Morgan fingerprint density at radius 1 is 1.00 bits per heavy atom. The van der Waals surface area contributed by atoms with Crippen molar-refractivity contribution in [1.82, 2.24) is 0 Å². The maximum absolute atomic E-state index is 5.77. The summed E-state index contributed by atoms with van der Waals surface area (Å²) in [7, 11) is 0.